The van der Waals surface area contributed by atoms with Crippen molar-refractivity contribution in [2.24, 2.45) is 5.92 Å². The molecular formula is C18H26N2. The van der Waals surface area contributed by atoms with Crippen molar-refractivity contribution in [2.75, 3.05) is 13.6 Å². The van der Waals surface area contributed by atoms with Gasteiger partial charge in [-0.3, -0.25) is 0 Å². The fourth-order valence-corrected chi connectivity index (χ4v) is 3.48. The van der Waals surface area contributed by atoms with Crippen LogP contribution in [0.2, 0.25) is 0 Å². The van der Waals surface area contributed by atoms with Crippen molar-refractivity contribution >= 4 is 10.9 Å². The van der Waals surface area contributed by atoms with Gasteiger partial charge in [0.25, 0.3) is 0 Å². The Morgan fingerprint density at radius 2 is 2.05 bits per heavy atom. The molecule has 1 N–H and O–H groups in total. The Morgan fingerprint density at radius 1 is 1.20 bits per heavy atom. The molecule has 108 valence electrons. The summed E-state index contributed by atoms with van der Waals surface area (Å²) in [6.07, 6.45) is 10.4. The maximum Gasteiger partial charge on any atom is 0.0483 e. The number of nitrogens with one attached hydrogen (secondary N) is 1. The highest BCUT2D eigenvalue weighted by molar-refractivity contribution is 5.80. The Balaban J connectivity index is 1.76. The first kappa shape index (κ1) is 13.7. The van der Waals surface area contributed by atoms with Gasteiger partial charge in [-0.2, -0.15) is 0 Å². The molecule has 0 radical (unpaired) electrons. The number of rotatable bonds is 6. The number of hydrogen-bond donors (Lipinski definition) is 1. The standard InChI is InChI=1S/C18H26N2/c1-19-11-4-7-15-8-9-17-10-12-20(18(17)13-15)14-16-5-2-3-6-16/h8-10,12-13,16,19H,2-7,11,14H2,1H3. The molecule has 0 amide bonds. The normalized spacial score (nSPS) is 16.2. The Morgan fingerprint density at radius 3 is 2.85 bits per heavy atom. The van der Waals surface area contributed by atoms with Crippen LogP contribution in [0.5, 0.6) is 0 Å². The Bertz CT molecular complexity index is 550. The lowest BCUT2D eigenvalue weighted by Gasteiger charge is -2.12. The molecule has 1 aliphatic rings. The highest BCUT2D eigenvalue weighted by Crippen LogP contribution is 2.28. The Hall–Kier alpha value is -1.28. The zero-order valence-electron chi connectivity index (χ0n) is 12.6. The van der Waals surface area contributed by atoms with E-state index in [4.69, 9.17) is 0 Å². The number of nitrogens with zero attached hydrogens (tertiary/aromatic N) is 1. The minimum Gasteiger partial charge on any atom is -0.347 e. The summed E-state index contributed by atoms with van der Waals surface area (Å²) in [5.74, 6) is 0.901. The quantitative estimate of drug-likeness (QED) is 0.786. The van der Waals surface area contributed by atoms with Crippen molar-refractivity contribution in [3.63, 3.8) is 0 Å². The third-order valence-corrected chi connectivity index (χ3v) is 4.66. The van der Waals surface area contributed by atoms with Crippen LogP contribution in [0.15, 0.2) is 30.5 Å². The highest BCUT2D eigenvalue weighted by atomic mass is 15.0. The molecule has 3 rings (SSSR count). The van der Waals surface area contributed by atoms with Gasteiger partial charge < -0.3 is 9.88 Å². The number of aromatic nitrogens is 1. The molecule has 1 fully saturated rings. The molecule has 1 aromatic heterocycles. The van der Waals surface area contributed by atoms with E-state index < -0.39 is 0 Å². The molecule has 20 heavy (non-hydrogen) atoms. The fraction of sp³-hybridized carbons (Fsp3) is 0.556. The Labute approximate surface area is 122 Å². The number of benzene rings is 1. The maximum absolute atomic E-state index is 3.22. The van der Waals surface area contributed by atoms with E-state index in [2.05, 4.69) is 40.3 Å². The van der Waals surface area contributed by atoms with Gasteiger partial charge in [-0.15, -0.1) is 0 Å². The molecule has 1 aliphatic carbocycles. The molecule has 2 aromatic rings. The maximum atomic E-state index is 3.22. The second kappa shape index (κ2) is 6.45. The molecule has 0 unspecified atom stereocenters. The number of hydrogen-bond acceptors (Lipinski definition) is 1. The molecule has 0 atom stereocenters. The van der Waals surface area contributed by atoms with E-state index in [0.29, 0.717) is 0 Å². The lowest BCUT2D eigenvalue weighted by atomic mass is 10.1. The van der Waals surface area contributed by atoms with Crippen molar-refractivity contribution in [2.45, 2.75) is 45.1 Å². The van der Waals surface area contributed by atoms with Crippen LogP contribution in [0.25, 0.3) is 10.9 Å². The van der Waals surface area contributed by atoms with Crippen LogP contribution in [0, 0.1) is 5.92 Å². The summed E-state index contributed by atoms with van der Waals surface area (Å²) >= 11 is 0. The molecule has 2 heteroatoms. The van der Waals surface area contributed by atoms with E-state index >= 15 is 0 Å². The largest absolute Gasteiger partial charge is 0.347 e. The number of fused-ring (bicyclic) bond motifs is 1. The zero-order chi connectivity index (χ0) is 13.8. The van der Waals surface area contributed by atoms with E-state index in [1.165, 1.54) is 61.5 Å². The van der Waals surface area contributed by atoms with E-state index in [9.17, 15) is 0 Å². The molecule has 0 saturated heterocycles. The van der Waals surface area contributed by atoms with Gasteiger partial charge >= 0.3 is 0 Å². The molecule has 1 saturated carbocycles. The summed E-state index contributed by atoms with van der Waals surface area (Å²) in [7, 11) is 2.02. The Kier molecular flexibility index (Phi) is 4.41. The molecule has 2 nitrogen and oxygen atoms in total. The monoisotopic (exact) mass is 270 g/mol. The summed E-state index contributed by atoms with van der Waals surface area (Å²) in [4.78, 5) is 0. The lowest BCUT2D eigenvalue weighted by Crippen LogP contribution is -2.08. The summed E-state index contributed by atoms with van der Waals surface area (Å²) < 4.78 is 2.48. The van der Waals surface area contributed by atoms with Gasteiger partial charge in [0, 0.05) is 18.3 Å². The first-order valence-corrected chi connectivity index (χ1v) is 8.09. The average Bonchev–Trinajstić information content (AvgIpc) is 3.10. The summed E-state index contributed by atoms with van der Waals surface area (Å²) in [5.41, 5.74) is 2.90. The third kappa shape index (κ3) is 3.06. The van der Waals surface area contributed by atoms with Crippen molar-refractivity contribution in [3.8, 4) is 0 Å². The highest BCUT2D eigenvalue weighted by Gasteiger charge is 2.16. The zero-order valence-corrected chi connectivity index (χ0v) is 12.6. The predicted molar refractivity (Wildman–Crippen MR) is 86.1 cm³/mol. The molecular weight excluding hydrogens is 244 g/mol. The minimum absolute atomic E-state index is 0.901. The molecule has 1 aromatic carbocycles. The van der Waals surface area contributed by atoms with Crippen LogP contribution in [0.1, 0.15) is 37.7 Å². The second-order valence-electron chi connectivity index (χ2n) is 6.22. The van der Waals surface area contributed by atoms with E-state index in [1.54, 1.807) is 0 Å². The summed E-state index contributed by atoms with van der Waals surface area (Å²) in [6.45, 7) is 2.31. The van der Waals surface area contributed by atoms with Crippen LogP contribution in [-0.2, 0) is 13.0 Å². The van der Waals surface area contributed by atoms with Crippen LogP contribution in [0.3, 0.4) is 0 Å². The van der Waals surface area contributed by atoms with Gasteiger partial charge in [-0.05, 0) is 68.3 Å². The van der Waals surface area contributed by atoms with E-state index in [-0.39, 0.29) is 0 Å². The van der Waals surface area contributed by atoms with Gasteiger partial charge in [0.05, 0.1) is 0 Å². The SMILES string of the molecule is CNCCCc1ccc2ccn(CC3CCCC3)c2c1. The topological polar surface area (TPSA) is 17.0 Å². The van der Waals surface area contributed by atoms with Crippen molar-refractivity contribution in [1.82, 2.24) is 9.88 Å². The van der Waals surface area contributed by atoms with Crippen LogP contribution in [-0.4, -0.2) is 18.2 Å². The minimum atomic E-state index is 0.901. The van der Waals surface area contributed by atoms with Crippen molar-refractivity contribution in [1.29, 1.82) is 0 Å². The lowest BCUT2D eigenvalue weighted by molar-refractivity contribution is 0.466. The van der Waals surface area contributed by atoms with E-state index in [0.717, 1.165) is 12.5 Å². The molecule has 1 heterocycles. The number of aryl methyl sites for hydroxylation is 1. The fourth-order valence-electron chi connectivity index (χ4n) is 3.48. The second-order valence-corrected chi connectivity index (χ2v) is 6.22. The van der Waals surface area contributed by atoms with Gasteiger partial charge in [-0.1, -0.05) is 25.0 Å². The molecule has 0 spiro atoms. The first-order chi connectivity index (χ1) is 9.86. The van der Waals surface area contributed by atoms with Crippen LogP contribution in [0.4, 0.5) is 0 Å². The molecule has 0 bridgehead atoms. The van der Waals surface area contributed by atoms with Gasteiger partial charge in [0.1, 0.15) is 0 Å². The van der Waals surface area contributed by atoms with Crippen molar-refractivity contribution in [3.05, 3.63) is 36.0 Å². The average molecular weight is 270 g/mol. The van der Waals surface area contributed by atoms with E-state index in [1.807, 2.05) is 7.05 Å². The summed E-state index contributed by atoms with van der Waals surface area (Å²) in [6, 6.07) is 9.24. The van der Waals surface area contributed by atoms with Gasteiger partial charge in [0.2, 0.25) is 0 Å². The van der Waals surface area contributed by atoms with Crippen molar-refractivity contribution < 1.29 is 0 Å². The predicted octanol–water partition coefficient (Wildman–Crippen LogP) is 3.98. The van der Waals surface area contributed by atoms with Crippen LogP contribution >= 0.6 is 0 Å². The molecule has 0 aliphatic heterocycles. The first-order valence-electron chi connectivity index (χ1n) is 8.09. The third-order valence-electron chi connectivity index (χ3n) is 4.66. The summed E-state index contributed by atoms with van der Waals surface area (Å²) in [5, 5.41) is 4.61. The van der Waals surface area contributed by atoms with Gasteiger partial charge in [0.15, 0.2) is 0 Å². The van der Waals surface area contributed by atoms with Crippen LogP contribution < -0.4 is 5.32 Å². The van der Waals surface area contributed by atoms with Gasteiger partial charge in [-0.25, -0.2) is 0 Å². The smallest absolute Gasteiger partial charge is 0.0483 e.